The van der Waals surface area contributed by atoms with Crippen molar-refractivity contribution in [1.82, 2.24) is 9.80 Å². The van der Waals surface area contributed by atoms with Gasteiger partial charge in [0.05, 0.1) is 6.42 Å². The van der Waals surface area contributed by atoms with Gasteiger partial charge in [-0.05, 0) is 45.6 Å². The van der Waals surface area contributed by atoms with Crippen LogP contribution in [0, 0.1) is 0 Å². The van der Waals surface area contributed by atoms with Gasteiger partial charge in [0.25, 0.3) is 0 Å². The third-order valence-electron chi connectivity index (χ3n) is 5.14. The van der Waals surface area contributed by atoms with Crippen LogP contribution < -0.4 is 0 Å². The zero-order chi connectivity index (χ0) is 12.7. The van der Waals surface area contributed by atoms with E-state index in [9.17, 15) is 4.79 Å². The summed E-state index contributed by atoms with van der Waals surface area (Å²) in [6.07, 6.45) is 8.05. The van der Waals surface area contributed by atoms with Gasteiger partial charge in [0.1, 0.15) is 0 Å². The lowest BCUT2D eigenvalue weighted by Crippen LogP contribution is -2.50. The van der Waals surface area contributed by atoms with E-state index in [1.807, 2.05) is 0 Å². The second-order valence-electron chi connectivity index (χ2n) is 6.29. The number of hydrogen-bond donors (Lipinski definition) is 1. The Balaban J connectivity index is 1.62. The first-order valence-electron chi connectivity index (χ1n) is 7.34. The minimum Gasteiger partial charge on any atom is -0.481 e. The van der Waals surface area contributed by atoms with E-state index in [0.29, 0.717) is 18.5 Å². The fourth-order valence-electron chi connectivity index (χ4n) is 3.95. The summed E-state index contributed by atoms with van der Waals surface area (Å²) in [5.74, 6) is -0.656. The van der Waals surface area contributed by atoms with E-state index in [-0.39, 0.29) is 0 Å². The summed E-state index contributed by atoms with van der Waals surface area (Å²) in [5.41, 5.74) is 0. The molecule has 2 saturated heterocycles. The highest BCUT2D eigenvalue weighted by Crippen LogP contribution is 2.39. The second-order valence-corrected chi connectivity index (χ2v) is 6.29. The van der Waals surface area contributed by atoms with Crippen molar-refractivity contribution in [2.24, 2.45) is 0 Å². The summed E-state index contributed by atoms with van der Waals surface area (Å²) in [5, 5.41) is 8.89. The topological polar surface area (TPSA) is 43.8 Å². The number of hydrogen-bond acceptors (Lipinski definition) is 3. The van der Waals surface area contributed by atoms with Crippen LogP contribution in [0.4, 0.5) is 0 Å². The summed E-state index contributed by atoms with van der Waals surface area (Å²) in [6, 6.07) is 2.84. The van der Waals surface area contributed by atoms with E-state index in [2.05, 4.69) is 16.8 Å². The van der Waals surface area contributed by atoms with Crippen LogP contribution in [0.25, 0.3) is 0 Å². The molecule has 2 aliphatic heterocycles. The molecule has 18 heavy (non-hydrogen) atoms. The summed E-state index contributed by atoms with van der Waals surface area (Å²) in [7, 11) is 2.26. The Hall–Kier alpha value is -0.610. The van der Waals surface area contributed by atoms with Crippen molar-refractivity contribution in [2.75, 3.05) is 13.6 Å². The summed E-state index contributed by atoms with van der Waals surface area (Å²) < 4.78 is 0. The van der Waals surface area contributed by atoms with E-state index in [0.717, 1.165) is 18.6 Å². The fraction of sp³-hybridized carbons (Fsp3) is 0.929. The van der Waals surface area contributed by atoms with Crippen LogP contribution in [-0.2, 0) is 4.79 Å². The Morgan fingerprint density at radius 1 is 1.17 bits per heavy atom. The smallest absolute Gasteiger partial charge is 0.304 e. The molecule has 3 fully saturated rings. The number of carboxylic acid groups (broad SMARTS) is 1. The van der Waals surface area contributed by atoms with Gasteiger partial charge in [-0.3, -0.25) is 9.69 Å². The number of nitrogens with zero attached hydrogens (tertiary/aromatic N) is 2. The van der Waals surface area contributed by atoms with Crippen molar-refractivity contribution in [3.63, 3.8) is 0 Å². The van der Waals surface area contributed by atoms with E-state index in [1.54, 1.807) is 0 Å². The van der Waals surface area contributed by atoms with Gasteiger partial charge < -0.3 is 10.0 Å². The third kappa shape index (κ3) is 2.41. The Kier molecular flexibility index (Phi) is 3.32. The molecule has 102 valence electrons. The molecule has 0 radical (unpaired) electrons. The number of fused-ring (bicyclic) bond motifs is 2. The lowest BCUT2D eigenvalue weighted by Gasteiger charge is -2.42. The standard InChI is InChI=1S/C14H24N2O2/c1-15-11-4-5-12(15)9-13(8-11)16(10-2-3-10)7-6-14(17)18/h10-13H,2-9H2,1H3,(H,17,18). The Labute approximate surface area is 109 Å². The average molecular weight is 252 g/mol. The maximum Gasteiger partial charge on any atom is 0.304 e. The molecule has 0 spiro atoms. The SMILES string of the molecule is CN1C2CCC1CC(N(CCC(=O)O)C1CC1)C2. The van der Waals surface area contributed by atoms with Gasteiger partial charge in [-0.1, -0.05) is 0 Å². The number of carbonyl (C=O) groups is 1. The van der Waals surface area contributed by atoms with Crippen molar-refractivity contribution in [3.8, 4) is 0 Å². The molecule has 1 saturated carbocycles. The molecule has 2 atom stereocenters. The Morgan fingerprint density at radius 2 is 1.78 bits per heavy atom. The molecular weight excluding hydrogens is 228 g/mol. The monoisotopic (exact) mass is 252 g/mol. The van der Waals surface area contributed by atoms with E-state index >= 15 is 0 Å². The maximum absolute atomic E-state index is 10.8. The van der Waals surface area contributed by atoms with Crippen molar-refractivity contribution in [2.45, 2.75) is 69.1 Å². The van der Waals surface area contributed by atoms with Crippen LogP contribution in [0.3, 0.4) is 0 Å². The molecule has 1 N–H and O–H groups in total. The first-order valence-corrected chi connectivity index (χ1v) is 7.34. The number of piperidine rings is 1. The third-order valence-corrected chi connectivity index (χ3v) is 5.14. The van der Waals surface area contributed by atoms with Gasteiger partial charge in [0.15, 0.2) is 0 Å². The van der Waals surface area contributed by atoms with Crippen molar-refractivity contribution < 1.29 is 9.90 Å². The molecule has 4 nitrogen and oxygen atoms in total. The molecule has 3 rings (SSSR count). The minimum atomic E-state index is -0.656. The lowest BCUT2D eigenvalue weighted by molar-refractivity contribution is -0.137. The largest absolute Gasteiger partial charge is 0.481 e. The average Bonchev–Trinajstić information content (AvgIpc) is 3.10. The predicted octanol–water partition coefficient (Wildman–Crippen LogP) is 1.55. The van der Waals surface area contributed by atoms with Crippen LogP contribution in [0.5, 0.6) is 0 Å². The molecule has 4 heteroatoms. The van der Waals surface area contributed by atoms with Crippen LogP contribution >= 0.6 is 0 Å². The first-order chi connectivity index (χ1) is 8.65. The lowest BCUT2D eigenvalue weighted by atomic mass is 9.96. The van der Waals surface area contributed by atoms with Crippen LogP contribution in [0.2, 0.25) is 0 Å². The Morgan fingerprint density at radius 3 is 2.28 bits per heavy atom. The zero-order valence-corrected chi connectivity index (χ0v) is 11.2. The molecule has 2 unspecified atom stereocenters. The maximum atomic E-state index is 10.8. The van der Waals surface area contributed by atoms with Gasteiger partial charge in [-0.2, -0.15) is 0 Å². The number of aliphatic carboxylic acids is 1. The van der Waals surface area contributed by atoms with E-state index < -0.39 is 5.97 Å². The molecule has 1 aliphatic carbocycles. The number of carboxylic acids is 1. The van der Waals surface area contributed by atoms with Gasteiger partial charge in [0.2, 0.25) is 0 Å². The van der Waals surface area contributed by atoms with Crippen LogP contribution in [0.1, 0.15) is 44.9 Å². The van der Waals surface area contributed by atoms with Gasteiger partial charge in [-0.15, -0.1) is 0 Å². The summed E-state index contributed by atoms with van der Waals surface area (Å²) in [6.45, 7) is 0.758. The minimum absolute atomic E-state index is 0.304. The molecular formula is C14H24N2O2. The molecule has 2 bridgehead atoms. The molecule has 0 aromatic carbocycles. The highest BCUT2D eigenvalue weighted by Gasteiger charge is 2.43. The van der Waals surface area contributed by atoms with Gasteiger partial charge in [-0.25, -0.2) is 0 Å². The fourth-order valence-corrected chi connectivity index (χ4v) is 3.95. The molecule has 3 aliphatic rings. The molecule has 0 aromatic heterocycles. The molecule has 0 aromatic rings. The predicted molar refractivity (Wildman–Crippen MR) is 69.6 cm³/mol. The van der Waals surface area contributed by atoms with Gasteiger partial charge >= 0.3 is 5.97 Å². The van der Waals surface area contributed by atoms with Crippen LogP contribution in [0.15, 0.2) is 0 Å². The van der Waals surface area contributed by atoms with Crippen molar-refractivity contribution in [3.05, 3.63) is 0 Å². The van der Waals surface area contributed by atoms with E-state index in [1.165, 1.54) is 38.5 Å². The highest BCUT2D eigenvalue weighted by atomic mass is 16.4. The first kappa shape index (κ1) is 12.4. The molecule has 0 amide bonds. The second kappa shape index (κ2) is 4.82. The summed E-state index contributed by atoms with van der Waals surface area (Å²) in [4.78, 5) is 15.9. The zero-order valence-electron chi connectivity index (χ0n) is 11.2. The van der Waals surface area contributed by atoms with Crippen molar-refractivity contribution >= 4 is 5.97 Å². The van der Waals surface area contributed by atoms with Crippen LogP contribution in [-0.4, -0.2) is 58.6 Å². The Bertz CT molecular complexity index is 316. The normalized spacial score (nSPS) is 36.2. The van der Waals surface area contributed by atoms with Gasteiger partial charge in [0, 0.05) is 30.7 Å². The van der Waals surface area contributed by atoms with E-state index in [4.69, 9.17) is 5.11 Å². The van der Waals surface area contributed by atoms with Crippen molar-refractivity contribution in [1.29, 1.82) is 0 Å². The number of rotatable bonds is 5. The summed E-state index contributed by atoms with van der Waals surface area (Å²) >= 11 is 0. The highest BCUT2D eigenvalue weighted by molar-refractivity contribution is 5.66. The molecule has 2 heterocycles. The quantitative estimate of drug-likeness (QED) is 0.806.